The Bertz CT molecular complexity index is 1030. The standard InChI is InChI=1S/C11H14ClN5.C11H17N5O/c1-7-6-14-10(13)17-11(15-7)16-9-4-2-8(12)3-5-9;1-8-6-14-10(12)16-11(15-8)13-4-2-9-3-5-17-7-9/h2-5,7H,6H2,1H3,(H4,13,14,15,16,17);3,5,7-8H,2,4,6H2,1H3,(H4,12,13,14,15,16). The number of hydrogen-bond donors (Lipinski definition) is 6. The van der Waals surface area contributed by atoms with Gasteiger partial charge in [-0.15, -0.1) is 0 Å². The van der Waals surface area contributed by atoms with Gasteiger partial charge in [-0.1, -0.05) is 11.6 Å². The van der Waals surface area contributed by atoms with E-state index < -0.39 is 0 Å². The molecule has 2 unspecified atom stereocenters. The fourth-order valence-corrected chi connectivity index (χ4v) is 3.07. The molecule has 8 N–H and O–H groups in total. The second-order valence-electron chi connectivity index (χ2n) is 7.82. The summed E-state index contributed by atoms with van der Waals surface area (Å²) in [6, 6.07) is 9.62. The maximum absolute atomic E-state index is 5.81. The molecule has 2 aliphatic rings. The smallest absolute Gasteiger partial charge is 0.202 e. The van der Waals surface area contributed by atoms with Gasteiger partial charge in [-0.25, -0.2) is 4.99 Å². The largest absolute Gasteiger partial charge is 0.472 e. The van der Waals surface area contributed by atoms with Crippen molar-refractivity contribution in [2.45, 2.75) is 32.4 Å². The van der Waals surface area contributed by atoms with Gasteiger partial charge in [-0.3, -0.25) is 25.6 Å². The molecule has 0 bridgehead atoms. The van der Waals surface area contributed by atoms with Crippen LogP contribution < -0.4 is 32.7 Å². The summed E-state index contributed by atoms with van der Waals surface area (Å²) in [7, 11) is 0. The van der Waals surface area contributed by atoms with Crippen LogP contribution in [0.1, 0.15) is 19.4 Å². The van der Waals surface area contributed by atoms with E-state index in [1.165, 1.54) is 0 Å². The average Bonchev–Trinajstić information content (AvgIpc) is 3.19. The van der Waals surface area contributed by atoms with E-state index in [1.54, 1.807) is 12.5 Å². The molecule has 2 aromatic rings. The summed E-state index contributed by atoms with van der Waals surface area (Å²) in [6.45, 7) is 5.93. The van der Waals surface area contributed by atoms with Crippen molar-refractivity contribution in [2.24, 2.45) is 31.4 Å². The molecule has 1 aromatic carbocycles. The van der Waals surface area contributed by atoms with Crippen molar-refractivity contribution in [3.8, 4) is 0 Å². The third-order valence-electron chi connectivity index (χ3n) is 4.64. The number of anilines is 1. The first-order valence-corrected chi connectivity index (χ1v) is 11.3. The van der Waals surface area contributed by atoms with E-state index >= 15 is 0 Å². The normalized spacial score (nSPS) is 21.1. The molecule has 1 aromatic heterocycles. The lowest BCUT2D eigenvalue weighted by atomic mass is 10.2. The molecule has 11 nitrogen and oxygen atoms in total. The van der Waals surface area contributed by atoms with Crippen molar-refractivity contribution in [3.05, 3.63) is 53.4 Å². The summed E-state index contributed by atoms with van der Waals surface area (Å²) in [5.74, 6) is 2.05. The van der Waals surface area contributed by atoms with E-state index in [1.807, 2.05) is 44.2 Å². The van der Waals surface area contributed by atoms with Gasteiger partial charge < -0.3 is 26.5 Å². The average molecular weight is 487 g/mol. The predicted octanol–water partition coefficient (Wildman–Crippen LogP) is 1.49. The van der Waals surface area contributed by atoms with Gasteiger partial charge in [0.2, 0.25) is 5.96 Å². The molecule has 0 radical (unpaired) electrons. The van der Waals surface area contributed by atoms with E-state index in [-0.39, 0.29) is 12.1 Å². The zero-order chi connectivity index (χ0) is 24.3. The highest BCUT2D eigenvalue weighted by atomic mass is 35.5. The maximum atomic E-state index is 5.81. The summed E-state index contributed by atoms with van der Waals surface area (Å²) in [5, 5.41) is 12.9. The maximum Gasteiger partial charge on any atom is 0.202 e. The van der Waals surface area contributed by atoms with Crippen LogP contribution in [0.25, 0.3) is 0 Å². The number of guanidine groups is 4. The monoisotopic (exact) mass is 486 g/mol. The molecule has 0 saturated heterocycles. The van der Waals surface area contributed by atoms with Crippen LogP contribution in [0.3, 0.4) is 0 Å². The molecular weight excluding hydrogens is 456 g/mol. The highest BCUT2D eigenvalue weighted by molar-refractivity contribution is 6.30. The van der Waals surface area contributed by atoms with Gasteiger partial charge in [-0.2, -0.15) is 0 Å². The number of furan rings is 1. The minimum Gasteiger partial charge on any atom is -0.472 e. The van der Waals surface area contributed by atoms with E-state index in [4.69, 9.17) is 27.5 Å². The van der Waals surface area contributed by atoms with Crippen LogP contribution in [0.2, 0.25) is 5.02 Å². The van der Waals surface area contributed by atoms with Crippen molar-refractivity contribution < 1.29 is 4.42 Å². The molecule has 12 heteroatoms. The number of nitrogens with two attached hydrogens (primary N) is 2. The van der Waals surface area contributed by atoms with Crippen LogP contribution in [0, 0.1) is 0 Å². The molecule has 182 valence electrons. The molecule has 0 saturated carbocycles. The van der Waals surface area contributed by atoms with Crippen LogP contribution in [-0.2, 0) is 6.42 Å². The molecule has 34 heavy (non-hydrogen) atoms. The van der Waals surface area contributed by atoms with E-state index in [0.29, 0.717) is 48.5 Å². The number of aliphatic imine (C=N–C) groups is 4. The van der Waals surface area contributed by atoms with Crippen LogP contribution in [-0.4, -0.2) is 55.6 Å². The van der Waals surface area contributed by atoms with Gasteiger partial charge in [-0.05, 0) is 56.2 Å². The lowest BCUT2D eigenvalue weighted by Crippen LogP contribution is -2.45. The fraction of sp³-hybridized carbons (Fsp3) is 0.364. The van der Waals surface area contributed by atoms with Crippen LogP contribution in [0.4, 0.5) is 5.69 Å². The molecule has 0 amide bonds. The Labute approximate surface area is 203 Å². The molecule has 2 aliphatic heterocycles. The topological polar surface area (TPSA) is 163 Å². The first-order chi connectivity index (χ1) is 16.4. The Hall–Kier alpha value is -3.73. The Kier molecular flexibility index (Phi) is 9.15. The minimum atomic E-state index is 0.0957. The zero-order valence-electron chi connectivity index (χ0n) is 19.3. The van der Waals surface area contributed by atoms with Gasteiger partial charge in [0.25, 0.3) is 0 Å². The predicted molar refractivity (Wildman–Crippen MR) is 139 cm³/mol. The van der Waals surface area contributed by atoms with Crippen molar-refractivity contribution in [2.75, 3.05) is 25.0 Å². The van der Waals surface area contributed by atoms with Gasteiger partial charge in [0.1, 0.15) is 0 Å². The number of nitrogens with zero attached hydrogens (tertiary/aromatic N) is 4. The first-order valence-electron chi connectivity index (χ1n) is 10.9. The molecular formula is C22H31ClN10O. The van der Waals surface area contributed by atoms with Crippen LogP contribution >= 0.6 is 11.6 Å². The van der Waals surface area contributed by atoms with Crippen molar-refractivity contribution in [1.29, 1.82) is 0 Å². The lowest BCUT2D eigenvalue weighted by Gasteiger charge is -2.11. The fourth-order valence-electron chi connectivity index (χ4n) is 2.95. The van der Waals surface area contributed by atoms with Gasteiger partial charge in [0.05, 0.1) is 31.7 Å². The van der Waals surface area contributed by atoms with Crippen LogP contribution in [0.15, 0.2) is 67.2 Å². The van der Waals surface area contributed by atoms with Crippen molar-refractivity contribution in [3.63, 3.8) is 0 Å². The third kappa shape index (κ3) is 8.66. The Balaban J connectivity index is 0.000000191. The molecule has 0 aliphatic carbocycles. The molecule has 0 spiro atoms. The number of rotatable bonds is 4. The molecule has 3 heterocycles. The van der Waals surface area contributed by atoms with Gasteiger partial charge in [0.15, 0.2) is 17.9 Å². The number of halogens is 1. The summed E-state index contributed by atoms with van der Waals surface area (Å²) in [6.07, 6.45) is 4.23. The van der Waals surface area contributed by atoms with E-state index in [2.05, 4.69) is 41.2 Å². The summed E-state index contributed by atoms with van der Waals surface area (Å²) in [5.41, 5.74) is 13.3. The lowest BCUT2D eigenvalue weighted by molar-refractivity contribution is 0.564. The van der Waals surface area contributed by atoms with E-state index in [9.17, 15) is 0 Å². The Morgan fingerprint density at radius 2 is 1.82 bits per heavy atom. The highest BCUT2D eigenvalue weighted by Gasteiger charge is 2.11. The zero-order valence-corrected chi connectivity index (χ0v) is 20.0. The van der Waals surface area contributed by atoms with Crippen molar-refractivity contribution in [1.82, 2.24) is 16.0 Å². The first kappa shape index (κ1) is 24.9. The second-order valence-corrected chi connectivity index (χ2v) is 8.25. The summed E-state index contributed by atoms with van der Waals surface area (Å²) >= 11 is 5.81. The van der Waals surface area contributed by atoms with E-state index in [0.717, 1.165) is 17.7 Å². The van der Waals surface area contributed by atoms with Crippen molar-refractivity contribution >= 4 is 41.1 Å². The summed E-state index contributed by atoms with van der Waals surface area (Å²) < 4.78 is 4.99. The van der Waals surface area contributed by atoms with Gasteiger partial charge in [0, 0.05) is 23.3 Å². The quantitative estimate of drug-likeness (QED) is 0.381. The Morgan fingerprint density at radius 1 is 1.09 bits per heavy atom. The third-order valence-corrected chi connectivity index (χ3v) is 4.90. The molecule has 4 rings (SSSR count). The number of nitrogens with one attached hydrogen (secondary N) is 4. The second kappa shape index (κ2) is 12.5. The molecule has 2 atom stereocenters. The molecule has 0 fully saturated rings. The van der Waals surface area contributed by atoms with Crippen LogP contribution in [0.5, 0.6) is 0 Å². The SMILES string of the molecule is CC1CN=C(N)NC(=NCCc2ccoc2)N1.CC1CN=C(N)NC(Nc2ccc(Cl)cc2)=N1. The highest BCUT2D eigenvalue weighted by Crippen LogP contribution is 2.13. The Morgan fingerprint density at radius 3 is 2.56 bits per heavy atom. The minimum absolute atomic E-state index is 0.0957. The number of hydrogen-bond acceptors (Lipinski definition) is 9. The summed E-state index contributed by atoms with van der Waals surface area (Å²) in [4.78, 5) is 17.1. The number of benzene rings is 1. The van der Waals surface area contributed by atoms with Gasteiger partial charge >= 0.3 is 0 Å².